The Morgan fingerprint density at radius 1 is 1.26 bits per heavy atom. The van der Waals surface area contributed by atoms with Crippen LogP contribution in [0.3, 0.4) is 0 Å². The molecule has 31 heavy (non-hydrogen) atoms. The highest BCUT2D eigenvalue weighted by Crippen LogP contribution is 2.28. The Morgan fingerprint density at radius 2 is 2.03 bits per heavy atom. The summed E-state index contributed by atoms with van der Waals surface area (Å²) < 4.78 is 17.0. The molecule has 0 bridgehead atoms. The third-order valence-corrected chi connectivity index (χ3v) is 6.17. The van der Waals surface area contributed by atoms with Gasteiger partial charge < -0.3 is 10.2 Å². The van der Waals surface area contributed by atoms with Crippen molar-refractivity contribution in [1.29, 1.82) is 0 Å². The van der Waals surface area contributed by atoms with Crippen LogP contribution in [0.1, 0.15) is 47.2 Å². The fraction of sp³-hybridized carbons (Fsp3) is 0.435. The number of hydrogen-bond acceptors (Lipinski definition) is 4. The van der Waals surface area contributed by atoms with E-state index in [0.29, 0.717) is 54.5 Å². The number of alkyl halides is 1. The molecule has 1 amide bonds. The molecule has 0 unspecified atom stereocenters. The van der Waals surface area contributed by atoms with Gasteiger partial charge in [-0.15, -0.1) is 0 Å². The van der Waals surface area contributed by atoms with Crippen LogP contribution in [-0.4, -0.2) is 50.5 Å². The van der Waals surface area contributed by atoms with Crippen molar-refractivity contribution in [1.82, 2.24) is 24.6 Å². The van der Waals surface area contributed by atoms with Gasteiger partial charge in [0.1, 0.15) is 17.0 Å². The van der Waals surface area contributed by atoms with Gasteiger partial charge in [0.05, 0.1) is 16.4 Å². The number of carbonyl (C=O) groups excluding carboxylic acids is 1. The van der Waals surface area contributed by atoms with E-state index in [0.717, 1.165) is 12.1 Å². The molecule has 1 aliphatic rings. The molecule has 0 saturated carbocycles. The van der Waals surface area contributed by atoms with Crippen LogP contribution in [0.2, 0.25) is 5.02 Å². The Hall–Kier alpha value is -2.51. The van der Waals surface area contributed by atoms with Crippen LogP contribution in [0.4, 0.5) is 4.39 Å². The highest BCUT2D eigenvalue weighted by molar-refractivity contribution is 6.30. The van der Waals surface area contributed by atoms with Crippen molar-refractivity contribution >= 4 is 23.2 Å². The van der Waals surface area contributed by atoms with Gasteiger partial charge in [0.2, 0.25) is 0 Å². The number of hydrogen-bond donors (Lipinski definition) is 1. The number of pyridine rings is 2. The average molecular weight is 444 g/mol. The monoisotopic (exact) mass is 443 g/mol. The quantitative estimate of drug-likeness (QED) is 0.625. The molecule has 6 nitrogen and oxygen atoms in total. The Labute approximate surface area is 186 Å². The number of nitrogens with one attached hydrogen (secondary N) is 1. The molecule has 0 radical (unpaired) electrons. The van der Waals surface area contributed by atoms with Crippen molar-refractivity contribution in [3.05, 3.63) is 64.3 Å². The molecule has 1 aliphatic heterocycles. The lowest BCUT2D eigenvalue weighted by Gasteiger charge is -2.36. The minimum atomic E-state index is -1.34. The SMILES string of the molecule is CCc1ccc(CNCC2(F)CCN(C(=O)c3c(C)nc4ccc(Cl)cn34)CC2)nc1. The van der Waals surface area contributed by atoms with Crippen molar-refractivity contribution in [2.45, 2.75) is 45.3 Å². The van der Waals surface area contributed by atoms with Crippen LogP contribution in [-0.2, 0) is 13.0 Å². The summed E-state index contributed by atoms with van der Waals surface area (Å²) in [6.07, 6.45) is 5.10. The molecule has 1 fully saturated rings. The van der Waals surface area contributed by atoms with E-state index in [-0.39, 0.29) is 12.5 Å². The standard InChI is InChI=1S/C23H27ClFN5O/c1-3-17-4-6-19(27-12-17)13-26-15-23(25)8-10-29(11-9-23)22(31)21-16(2)28-20-7-5-18(24)14-30(20)21/h4-7,12,14,26H,3,8-11,13,15H2,1-2H3. The average Bonchev–Trinajstić information content (AvgIpc) is 3.09. The Morgan fingerprint density at radius 3 is 2.71 bits per heavy atom. The topological polar surface area (TPSA) is 62.5 Å². The van der Waals surface area contributed by atoms with Gasteiger partial charge in [0.15, 0.2) is 0 Å². The number of rotatable bonds is 6. The predicted molar refractivity (Wildman–Crippen MR) is 119 cm³/mol. The van der Waals surface area contributed by atoms with Gasteiger partial charge >= 0.3 is 0 Å². The molecule has 0 aromatic carbocycles. The lowest BCUT2D eigenvalue weighted by Crippen LogP contribution is -2.49. The number of amides is 1. The Kier molecular flexibility index (Phi) is 6.25. The van der Waals surface area contributed by atoms with E-state index in [1.54, 1.807) is 27.6 Å². The van der Waals surface area contributed by atoms with Crippen molar-refractivity contribution < 1.29 is 9.18 Å². The van der Waals surface area contributed by atoms with Gasteiger partial charge in [-0.3, -0.25) is 14.2 Å². The maximum atomic E-state index is 15.3. The second-order valence-electron chi connectivity index (χ2n) is 8.18. The number of carbonyl (C=O) groups is 1. The molecule has 164 valence electrons. The van der Waals surface area contributed by atoms with Crippen molar-refractivity contribution in [3.63, 3.8) is 0 Å². The minimum Gasteiger partial charge on any atom is -0.337 e. The molecule has 1 saturated heterocycles. The fourth-order valence-electron chi connectivity index (χ4n) is 4.01. The number of nitrogens with zero attached hydrogens (tertiary/aromatic N) is 4. The number of halogens is 2. The Balaban J connectivity index is 1.35. The molecule has 1 N–H and O–H groups in total. The zero-order chi connectivity index (χ0) is 22.0. The molecule has 3 aromatic rings. The third-order valence-electron chi connectivity index (χ3n) is 5.95. The zero-order valence-corrected chi connectivity index (χ0v) is 18.6. The molecule has 0 atom stereocenters. The maximum Gasteiger partial charge on any atom is 0.272 e. The first-order valence-electron chi connectivity index (χ1n) is 10.7. The molecule has 0 spiro atoms. The van der Waals surface area contributed by atoms with Gasteiger partial charge in [0, 0.05) is 51.4 Å². The van der Waals surface area contributed by atoms with Gasteiger partial charge in [-0.05, 0) is 37.1 Å². The number of aryl methyl sites for hydroxylation is 2. The fourth-order valence-corrected chi connectivity index (χ4v) is 4.18. The summed E-state index contributed by atoms with van der Waals surface area (Å²) in [5.41, 5.74) is 2.56. The normalized spacial score (nSPS) is 16.1. The second kappa shape index (κ2) is 8.93. The first-order valence-corrected chi connectivity index (χ1v) is 11.0. The molecular formula is C23H27ClFN5O. The van der Waals surface area contributed by atoms with Gasteiger partial charge in [0.25, 0.3) is 5.91 Å². The highest BCUT2D eigenvalue weighted by Gasteiger charge is 2.36. The van der Waals surface area contributed by atoms with E-state index in [1.165, 1.54) is 5.56 Å². The first-order chi connectivity index (χ1) is 14.9. The number of piperidine rings is 1. The smallest absolute Gasteiger partial charge is 0.272 e. The Bertz CT molecular complexity index is 1070. The van der Waals surface area contributed by atoms with Gasteiger partial charge in [-0.1, -0.05) is 24.6 Å². The summed E-state index contributed by atoms with van der Waals surface area (Å²) in [4.78, 5) is 23.7. The summed E-state index contributed by atoms with van der Waals surface area (Å²) >= 11 is 6.10. The van der Waals surface area contributed by atoms with Crippen LogP contribution >= 0.6 is 11.6 Å². The summed E-state index contributed by atoms with van der Waals surface area (Å²) in [5.74, 6) is -0.137. The molecule has 4 heterocycles. The predicted octanol–water partition coefficient (Wildman–Crippen LogP) is 3.99. The first kappa shape index (κ1) is 21.7. The van der Waals surface area contributed by atoms with Crippen LogP contribution in [0, 0.1) is 6.92 Å². The number of likely N-dealkylation sites (tertiary alicyclic amines) is 1. The molecule has 3 aromatic heterocycles. The van der Waals surface area contributed by atoms with E-state index in [9.17, 15) is 4.79 Å². The van der Waals surface area contributed by atoms with Crippen LogP contribution < -0.4 is 5.32 Å². The molecule has 0 aliphatic carbocycles. The van der Waals surface area contributed by atoms with E-state index in [1.807, 2.05) is 19.2 Å². The van der Waals surface area contributed by atoms with Crippen LogP contribution in [0.25, 0.3) is 5.65 Å². The molecule has 4 rings (SSSR count). The van der Waals surface area contributed by atoms with E-state index in [4.69, 9.17) is 11.6 Å². The number of aromatic nitrogens is 3. The minimum absolute atomic E-state index is 0.137. The van der Waals surface area contributed by atoms with E-state index < -0.39 is 5.67 Å². The lowest BCUT2D eigenvalue weighted by molar-refractivity contribution is 0.0428. The summed E-state index contributed by atoms with van der Waals surface area (Å²) in [7, 11) is 0. The van der Waals surface area contributed by atoms with Crippen LogP contribution in [0.5, 0.6) is 0 Å². The van der Waals surface area contributed by atoms with Crippen molar-refractivity contribution in [2.75, 3.05) is 19.6 Å². The van der Waals surface area contributed by atoms with Gasteiger partial charge in [-0.2, -0.15) is 0 Å². The summed E-state index contributed by atoms with van der Waals surface area (Å²) in [6.45, 7) is 5.41. The lowest BCUT2D eigenvalue weighted by atomic mass is 9.93. The van der Waals surface area contributed by atoms with Crippen molar-refractivity contribution in [2.24, 2.45) is 0 Å². The van der Waals surface area contributed by atoms with E-state index >= 15 is 4.39 Å². The largest absolute Gasteiger partial charge is 0.337 e. The number of fused-ring (bicyclic) bond motifs is 1. The van der Waals surface area contributed by atoms with Gasteiger partial charge in [-0.25, -0.2) is 9.37 Å². The summed E-state index contributed by atoms with van der Waals surface area (Å²) in [5, 5.41) is 3.72. The third kappa shape index (κ3) is 4.72. The van der Waals surface area contributed by atoms with Crippen molar-refractivity contribution in [3.8, 4) is 0 Å². The van der Waals surface area contributed by atoms with E-state index in [2.05, 4.69) is 28.3 Å². The molecular weight excluding hydrogens is 417 g/mol. The number of imidazole rings is 1. The summed E-state index contributed by atoms with van der Waals surface area (Å²) in [6, 6.07) is 7.55. The zero-order valence-electron chi connectivity index (χ0n) is 17.9. The molecule has 8 heteroatoms. The maximum absolute atomic E-state index is 15.3. The second-order valence-corrected chi connectivity index (χ2v) is 8.62. The highest BCUT2D eigenvalue weighted by atomic mass is 35.5. The van der Waals surface area contributed by atoms with Crippen LogP contribution in [0.15, 0.2) is 36.7 Å².